The molecule has 0 radical (unpaired) electrons. The maximum absolute atomic E-state index is 13.7. The van der Waals surface area contributed by atoms with E-state index in [2.05, 4.69) is 41.1 Å². The van der Waals surface area contributed by atoms with E-state index in [9.17, 15) is 4.79 Å². The lowest BCUT2D eigenvalue weighted by molar-refractivity contribution is 0.0918. The van der Waals surface area contributed by atoms with E-state index in [0.29, 0.717) is 11.3 Å². The third-order valence-electron chi connectivity index (χ3n) is 5.96. The second kappa shape index (κ2) is 8.36. The van der Waals surface area contributed by atoms with Gasteiger partial charge >= 0.3 is 0 Å². The quantitative estimate of drug-likeness (QED) is 0.584. The Hall–Kier alpha value is -3.06. The molecule has 0 fully saturated rings. The predicted octanol–water partition coefficient (Wildman–Crippen LogP) is 2.76. The van der Waals surface area contributed by atoms with Gasteiger partial charge in [0.15, 0.2) is 5.78 Å². The normalized spacial score (nSPS) is 20.6. The number of carbonyl (C=O) groups is 1. The lowest BCUT2D eigenvalue weighted by Crippen LogP contribution is -2.52. The van der Waals surface area contributed by atoms with Crippen LogP contribution in [-0.2, 0) is 0 Å². The molecule has 2 aromatic rings. The Morgan fingerprint density at radius 2 is 2.13 bits per heavy atom. The van der Waals surface area contributed by atoms with Crippen molar-refractivity contribution in [2.75, 3.05) is 32.1 Å². The minimum absolute atomic E-state index is 0.0718. The van der Waals surface area contributed by atoms with E-state index >= 15 is 0 Å². The zero-order valence-electron chi connectivity index (χ0n) is 17.7. The lowest BCUT2D eigenvalue weighted by atomic mass is 9.77. The molecule has 1 aromatic heterocycles. The van der Waals surface area contributed by atoms with Gasteiger partial charge in [0.05, 0.1) is 34.9 Å². The third-order valence-corrected chi connectivity index (χ3v) is 5.96. The number of allylic oxidation sites excluding steroid dienone is 2. The van der Waals surface area contributed by atoms with Crippen molar-refractivity contribution in [1.29, 1.82) is 0 Å². The molecule has 158 valence electrons. The number of Topliss-reactive ketones (excluding diaryl/α,β-unsaturated/α-hetero) is 1. The summed E-state index contributed by atoms with van der Waals surface area (Å²) in [6.07, 6.45) is 10.7. The summed E-state index contributed by atoms with van der Waals surface area (Å²) in [7, 11) is 4.19. The topological polar surface area (TPSA) is 90.3 Å². The van der Waals surface area contributed by atoms with Crippen molar-refractivity contribution in [2.45, 2.75) is 25.3 Å². The van der Waals surface area contributed by atoms with E-state index in [-0.39, 0.29) is 17.7 Å². The third kappa shape index (κ3) is 3.50. The van der Waals surface area contributed by atoms with E-state index in [1.54, 1.807) is 12.4 Å². The van der Waals surface area contributed by atoms with Crippen molar-refractivity contribution in [1.82, 2.24) is 20.4 Å². The van der Waals surface area contributed by atoms with Crippen LogP contribution in [0.4, 0.5) is 5.69 Å². The number of hydrogen-bond acceptors (Lipinski definition) is 6. The van der Waals surface area contributed by atoms with Crippen LogP contribution in [0.3, 0.4) is 0 Å². The summed E-state index contributed by atoms with van der Waals surface area (Å²) in [4.78, 5) is 17.9. The molecule has 7 heteroatoms. The van der Waals surface area contributed by atoms with Gasteiger partial charge in [-0.05, 0) is 64.0 Å². The van der Waals surface area contributed by atoms with Gasteiger partial charge in [0.25, 0.3) is 0 Å². The Morgan fingerprint density at radius 1 is 1.30 bits per heavy atom. The van der Waals surface area contributed by atoms with Gasteiger partial charge in [0, 0.05) is 23.3 Å². The Balaban J connectivity index is 1.60. The highest BCUT2D eigenvalue weighted by molar-refractivity contribution is 6.16. The highest BCUT2D eigenvalue weighted by Crippen LogP contribution is 2.42. The molecule has 1 aromatic carbocycles. The maximum atomic E-state index is 13.7. The molecule has 2 unspecified atom stereocenters. The number of benzene rings is 1. The van der Waals surface area contributed by atoms with Crippen LogP contribution in [0.25, 0.3) is 10.9 Å². The number of unbranched alkanes of at least 4 members (excludes halogenated alkanes) is 2. The van der Waals surface area contributed by atoms with Gasteiger partial charge in [-0.25, -0.2) is 0 Å². The van der Waals surface area contributed by atoms with Crippen molar-refractivity contribution in [3.05, 3.63) is 60.2 Å². The van der Waals surface area contributed by atoms with E-state index in [0.717, 1.165) is 48.2 Å². The number of H-pyrrole nitrogens is 1. The lowest BCUT2D eigenvalue weighted by Gasteiger charge is -2.43. The molecule has 0 saturated heterocycles. The number of hydrogen-bond donors (Lipinski definition) is 3. The summed E-state index contributed by atoms with van der Waals surface area (Å²) < 4.78 is 0. The molecule has 30 heavy (non-hydrogen) atoms. The number of carbonyl (C=O) groups excluding carboxylic acids is 1. The largest absolute Gasteiger partial charge is 0.400 e. The van der Waals surface area contributed by atoms with Crippen molar-refractivity contribution in [3.8, 4) is 0 Å². The molecular weight excluding hydrogens is 376 g/mol. The summed E-state index contributed by atoms with van der Waals surface area (Å²) in [6.45, 7) is 5.93. The smallest absolute Gasteiger partial charge is 0.177 e. The average molecular weight is 407 g/mol. The first kappa shape index (κ1) is 20.2. The number of ketones is 1. The van der Waals surface area contributed by atoms with Crippen LogP contribution in [0, 0.1) is 5.92 Å². The monoisotopic (exact) mass is 406 g/mol. The molecule has 1 aliphatic heterocycles. The van der Waals surface area contributed by atoms with E-state index < -0.39 is 0 Å². The molecule has 7 nitrogen and oxygen atoms in total. The van der Waals surface area contributed by atoms with Gasteiger partial charge in [-0.3, -0.25) is 9.89 Å². The molecule has 2 aliphatic rings. The molecule has 2 atom stereocenters. The molecule has 0 saturated carbocycles. The molecule has 2 heterocycles. The summed E-state index contributed by atoms with van der Waals surface area (Å²) in [5.41, 5.74) is 10.3. The minimum Gasteiger partial charge on any atom is -0.400 e. The Labute approximate surface area is 177 Å². The van der Waals surface area contributed by atoms with E-state index in [1.165, 1.54) is 6.42 Å². The fourth-order valence-corrected chi connectivity index (χ4v) is 4.49. The van der Waals surface area contributed by atoms with Crippen LogP contribution in [0.1, 0.15) is 29.6 Å². The van der Waals surface area contributed by atoms with Crippen molar-refractivity contribution in [3.63, 3.8) is 0 Å². The number of rotatable bonds is 8. The number of anilines is 1. The Bertz CT molecular complexity index is 1020. The van der Waals surface area contributed by atoms with Gasteiger partial charge in [0.2, 0.25) is 0 Å². The number of aromatic amines is 1. The number of nitrogens with two attached hydrogens (primary N) is 1. The van der Waals surface area contributed by atoms with Crippen LogP contribution < -0.4 is 16.0 Å². The molecular formula is C23H30N6O. The summed E-state index contributed by atoms with van der Waals surface area (Å²) in [5, 5.41) is 11.4. The van der Waals surface area contributed by atoms with Gasteiger partial charge in [-0.1, -0.05) is 13.0 Å². The van der Waals surface area contributed by atoms with Crippen LogP contribution in [0.5, 0.6) is 0 Å². The minimum atomic E-state index is -0.386. The van der Waals surface area contributed by atoms with Gasteiger partial charge in [0.1, 0.15) is 0 Å². The maximum Gasteiger partial charge on any atom is 0.177 e. The number of nitrogens with one attached hydrogen (secondary N) is 2. The zero-order valence-corrected chi connectivity index (χ0v) is 17.7. The summed E-state index contributed by atoms with van der Waals surface area (Å²) in [6, 6.07) is 3.61. The average Bonchev–Trinajstić information content (AvgIpc) is 3.20. The fourth-order valence-electron chi connectivity index (χ4n) is 4.49. The number of fused-ring (bicyclic) bond motifs is 4. The standard InChI is InChI=1S/C23H30N6O/c1-4-29-19-11-10-17-15(14-26-27-17)20(19)23(30)21-18(9-8-16(24)22(21)29)25-12-6-5-7-13-28(2)3/h4,8-11,14,21-22,25H,1,5-7,12-13,24H2,2-3H3,(H,26,27). The van der Waals surface area contributed by atoms with Crippen molar-refractivity contribution in [2.24, 2.45) is 11.7 Å². The first-order chi connectivity index (χ1) is 14.5. The molecule has 0 bridgehead atoms. The van der Waals surface area contributed by atoms with Gasteiger partial charge < -0.3 is 20.9 Å². The number of aromatic nitrogens is 2. The van der Waals surface area contributed by atoms with E-state index in [1.807, 2.05) is 29.2 Å². The Morgan fingerprint density at radius 3 is 2.90 bits per heavy atom. The molecule has 0 spiro atoms. The van der Waals surface area contributed by atoms with E-state index in [4.69, 9.17) is 5.73 Å². The SMILES string of the molecule is C=CN1c2ccc3[nH]ncc3c2C(=O)C2C(NCCCCCN(C)C)=CC=C(N)C21. The van der Waals surface area contributed by atoms with Crippen molar-refractivity contribution >= 4 is 22.4 Å². The van der Waals surface area contributed by atoms with Crippen LogP contribution in [0.2, 0.25) is 0 Å². The second-order valence-electron chi connectivity index (χ2n) is 8.25. The molecule has 4 N–H and O–H groups in total. The Kier molecular flexibility index (Phi) is 5.63. The zero-order chi connectivity index (χ0) is 21.3. The van der Waals surface area contributed by atoms with Gasteiger partial charge in [-0.2, -0.15) is 5.10 Å². The van der Waals surface area contributed by atoms with Crippen LogP contribution in [-0.4, -0.2) is 54.1 Å². The molecule has 4 rings (SSSR count). The first-order valence-corrected chi connectivity index (χ1v) is 10.5. The highest BCUT2D eigenvalue weighted by atomic mass is 16.1. The van der Waals surface area contributed by atoms with Gasteiger partial charge in [-0.15, -0.1) is 0 Å². The summed E-state index contributed by atoms with van der Waals surface area (Å²) in [5.74, 6) is -0.315. The second-order valence-corrected chi connectivity index (χ2v) is 8.25. The van der Waals surface area contributed by atoms with Crippen LogP contribution >= 0.6 is 0 Å². The highest BCUT2D eigenvalue weighted by Gasteiger charge is 2.45. The number of nitrogens with zero attached hydrogens (tertiary/aromatic N) is 3. The molecule has 0 amide bonds. The molecule has 1 aliphatic carbocycles. The van der Waals surface area contributed by atoms with Crippen LogP contribution in [0.15, 0.2) is 54.7 Å². The predicted molar refractivity (Wildman–Crippen MR) is 121 cm³/mol. The fraction of sp³-hybridized carbons (Fsp3) is 0.391. The first-order valence-electron chi connectivity index (χ1n) is 10.5. The van der Waals surface area contributed by atoms with Crippen molar-refractivity contribution < 1.29 is 4.79 Å². The summed E-state index contributed by atoms with van der Waals surface area (Å²) >= 11 is 0.